The molecular weight excluding hydrogens is 272 g/mol. The smallest absolute Gasteiger partial charge is 0.225 e. The third kappa shape index (κ3) is 4.20. The molecule has 1 aromatic carbocycles. The van der Waals surface area contributed by atoms with Crippen molar-refractivity contribution >= 4 is 23.1 Å². The van der Waals surface area contributed by atoms with E-state index in [4.69, 9.17) is 22.7 Å². The normalized spacial score (nSPS) is 15.9. The number of carbonyl (C=O) groups excluding carboxylic acids is 1. The van der Waals surface area contributed by atoms with Crippen LogP contribution in [0.3, 0.4) is 0 Å². The van der Waals surface area contributed by atoms with E-state index in [1.165, 1.54) is 0 Å². The Bertz CT molecular complexity index is 456. The summed E-state index contributed by atoms with van der Waals surface area (Å²) in [5.41, 5.74) is 5.64. The van der Waals surface area contributed by atoms with Gasteiger partial charge in [0, 0.05) is 19.0 Å². The quantitative estimate of drug-likeness (QED) is 0.843. The minimum atomic E-state index is 0.141. The summed E-state index contributed by atoms with van der Waals surface area (Å²) in [4.78, 5) is 14.5. The molecule has 0 bridgehead atoms. The molecule has 0 spiro atoms. The minimum absolute atomic E-state index is 0.141. The van der Waals surface area contributed by atoms with Crippen LogP contribution in [0.5, 0.6) is 5.75 Å². The van der Waals surface area contributed by atoms with Crippen LogP contribution in [-0.2, 0) is 4.79 Å². The topological polar surface area (TPSA) is 55.6 Å². The van der Waals surface area contributed by atoms with Crippen LogP contribution in [0.2, 0.25) is 0 Å². The van der Waals surface area contributed by atoms with E-state index in [-0.39, 0.29) is 11.8 Å². The molecule has 1 fully saturated rings. The van der Waals surface area contributed by atoms with E-state index in [0.29, 0.717) is 18.0 Å². The van der Waals surface area contributed by atoms with Crippen LogP contribution in [0.15, 0.2) is 30.3 Å². The van der Waals surface area contributed by atoms with E-state index >= 15 is 0 Å². The highest BCUT2D eigenvalue weighted by molar-refractivity contribution is 7.80. The molecule has 1 heterocycles. The minimum Gasteiger partial charge on any atom is -0.493 e. The summed E-state index contributed by atoms with van der Waals surface area (Å²) >= 11 is 5.00. The Morgan fingerprint density at radius 1 is 1.30 bits per heavy atom. The fourth-order valence-electron chi connectivity index (χ4n) is 2.34. The number of piperidine rings is 1. The van der Waals surface area contributed by atoms with E-state index in [0.717, 1.165) is 31.7 Å². The number of nitrogens with two attached hydrogens (primary N) is 1. The number of nitrogens with zero attached hydrogens (tertiary/aromatic N) is 1. The van der Waals surface area contributed by atoms with Crippen molar-refractivity contribution < 1.29 is 9.53 Å². The van der Waals surface area contributed by atoms with Gasteiger partial charge in [0.25, 0.3) is 0 Å². The highest BCUT2D eigenvalue weighted by atomic mass is 32.1. The third-order valence-electron chi connectivity index (χ3n) is 3.58. The Morgan fingerprint density at radius 2 is 1.95 bits per heavy atom. The standard InChI is InChI=1S/C15H20N2O2S/c16-15(20)12-6-9-17(10-7-12)14(18)8-11-19-13-4-2-1-3-5-13/h1-5,12H,6-11H2,(H2,16,20). The summed E-state index contributed by atoms with van der Waals surface area (Å²) in [6.45, 7) is 1.90. The molecule has 0 unspecified atom stereocenters. The SMILES string of the molecule is NC(=S)C1CCN(C(=O)CCOc2ccccc2)CC1. The fourth-order valence-corrected chi connectivity index (χ4v) is 2.58. The van der Waals surface area contributed by atoms with E-state index in [2.05, 4.69) is 0 Å². The van der Waals surface area contributed by atoms with Crippen molar-refractivity contribution in [3.63, 3.8) is 0 Å². The molecule has 5 heteroatoms. The Hall–Kier alpha value is -1.62. The maximum Gasteiger partial charge on any atom is 0.225 e. The molecule has 0 aromatic heterocycles. The lowest BCUT2D eigenvalue weighted by Gasteiger charge is -2.31. The number of ether oxygens (including phenoxy) is 1. The van der Waals surface area contributed by atoms with Crippen molar-refractivity contribution in [1.82, 2.24) is 4.90 Å². The van der Waals surface area contributed by atoms with Gasteiger partial charge in [0.2, 0.25) is 5.91 Å². The molecule has 108 valence electrons. The van der Waals surface area contributed by atoms with Crippen molar-refractivity contribution in [2.75, 3.05) is 19.7 Å². The Kier molecular flexibility index (Phi) is 5.35. The Morgan fingerprint density at radius 3 is 2.55 bits per heavy atom. The van der Waals surface area contributed by atoms with Gasteiger partial charge in [-0.25, -0.2) is 0 Å². The molecule has 0 saturated carbocycles. The third-order valence-corrected chi connectivity index (χ3v) is 3.91. The monoisotopic (exact) mass is 292 g/mol. The van der Waals surface area contributed by atoms with Gasteiger partial charge in [0.15, 0.2) is 0 Å². The number of benzene rings is 1. The van der Waals surface area contributed by atoms with Gasteiger partial charge in [-0.3, -0.25) is 4.79 Å². The first kappa shape index (κ1) is 14.8. The number of carbonyl (C=O) groups is 1. The molecule has 0 aliphatic carbocycles. The average molecular weight is 292 g/mol. The highest BCUT2D eigenvalue weighted by Crippen LogP contribution is 2.18. The van der Waals surface area contributed by atoms with Crippen LogP contribution in [0, 0.1) is 5.92 Å². The molecule has 4 nitrogen and oxygen atoms in total. The first-order chi connectivity index (χ1) is 9.66. The molecule has 1 aliphatic rings. The number of hydrogen-bond donors (Lipinski definition) is 1. The molecule has 1 aromatic rings. The summed E-state index contributed by atoms with van der Waals surface area (Å²) in [5, 5.41) is 0. The van der Waals surface area contributed by atoms with Crippen LogP contribution < -0.4 is 10.5 Å². The van der Waals surface area contributed by atoms with Crippen molar-refractivity contribution in [2.24, 2.45) is 11.7 Å². The largest absolute Gasteiger partial charge is 0.493 e. The second-order valence-corrected chi connectivity index (χ2v) is 5.44. The first-order valence-electron chi connectivity index (χ1n) is 6.92. The Labute approximate surface area is 124 Å². The molecule has 20 heavy (non-hydrogen) atoms. The van der Waals surface area contributed by atoms with Gasteiger partial charge in [-0.1, -0.05) is 30.4 Å². The summed E-state index contributed by atoms with van der Waals surface area (Å²) in [5.74, 6) is 1.23. The van der Waals surface area contributed by atoms with Gasteiger partial charge in [-0.05, 0) is 25.0 Å². The summed E-state index contributed by atoms with van der Waals surface area (Å²) in [6, 6.07) is 9.54. The zero-order valence-electron chi connectivity index (χ0n) is 11.5. The van der Waals surface area contributed by atoms with Crippen molar-refractivity contribution in [3.05, 3.63) is 30.3 Å². The summed E-state index contributed by atoms with van der Waals surface area (Å²) in [6.07, 6.45) is 2.16. The molecule has 1 amide bonds. The van der Waals surface area contributed by atoms with E-state index in [1.807, 2.05) is 35.2 Å². The van der Waals surface area contributed by atoms with E-state index in [9.17, 15) is 4.79 Å². The number of rotatable bonds is 5. The highest BCUT2D eigenvalue weighted by Gasteiger charge is 2.23. The van der Waals surface area contributed by atoms with Gasteiger partial charge in [0.05, 0.1) is 18.0 Å². The fraction of sp³-hybridized carbons (Fsp3) is 0.467. The van der Waals surface area contributed by atoms with E-state index < -0.39 is 0 Å². The molecule has 2 N–H and O–H groups in total. The zero-order valence-corrected chi connectivity index (χ0v) is 12.3. The predicted octanol–water partition coefficient (Wildman–Crippen LogP) is 1.98. The zero-order chi connectivity index (χ0) is 14.4. The lowest BCUT2D eigenvalue weighted by molar-refractivity contribution is -0.132. The molecule has 1 aliphatic heterocycles. The van der Waals surface area contributed by atoms with Crippen molar-refractivity contribution in [2.45, 2.75) is 19.3 Å². The second kappa shape index (κ2) is 7.24. The molecule has 0 atom stereocenters. The number of hydrogen-bond acceptors (Lipinski definition) is 3. The van der Waals surface area contributed by atoms with Gasteiger partial charge < -0.3 is 15.4 Å². The number of para-hydroxylation sites is 1. The average Bonchev–Trinajstić information content (AvgIpc) is 2.48. The lowest BCUT2D eigenvalue weighted by atomic mass is 9.97. The van der Waals surface area contributed by atoms with Crippen LogP contribution in [-0.4, -0.2) is 35.5 Å². The van der Waals surface area contributed by atoms with Gasteiger partial charge in [-0.15, -0.1) is 0 Å². The molecular formula is C15H20N2O2S. The van der Waals surface area contributed by atoms with Gasteiger partial charge in [0.1, 0.15) is 5.75 Å². The predicted molar refractivity (Wildman–Crippen MR) is 82.6 cm³/mol. The van der Waals surface area contributed by atoms with Crippen LogP contribution >= 0.6 is 12.2 Å². The Balaban J connectivity index is 1.69. The lowest BCUT2D eigenvalue weighted by Crippen LogP contribution is -2.41. The number of amides is 1. The molecule has 0 radical (unpaired) electrons. The number of likely N-dealkylation sites (tertiary alicyclic amines) is 1. The number of thiocarbonyl (C=S) groups is 1. The summed E-state index contributed by atoms with van der Waals surface area (Å²) < 4.78 is 5.54. The van der Waals surface area contributed by atoms with E-state index in [1.54, 1.807) is 0 Å². The van der Waals surface area contributed by atoms with Gasteiger partial charge >= 0.3 is 0 Å². The van der Waals surface area contributed by atoms with Crippen molar-refractivity contribution in [3.8, 4) is 5.75 Å². The van der Waals surface area contributed by atoms with Crippen LogP contribution in [0.25, 0.3) is 0 Å². The molecule has 1 saturated heterocycles. The summed E-state index contributed by atoms with van der Waals surface area (Å²) in [7, 11) is 0. The molecule has 2 rings (SSSR count). The van der Waals surface area contributed by atoms with Crippen LogP contribution in [0.4, 0.5) is 0 Å². The maximum atomic E-state index is 12.0. The van der Waals surface area contributed by atoms with Gasteiger partial charge in [-0.2, -0.15) is 0 Å². The van der Waals surface area contributed by atoms with Crippen molar-refractivity contribution in [1.29, 1.82) is 0 Å². The second-order valence-electron chi connectivity index (χ2n) is 4.97. The maximum absolute atomic E-state index is 12.0. The van der Waals surface area contributed by atoms with Crippen LogP contribution in [0.1, 0.15) is 19.3 Å². The first-order valence-corrected chi connectivity index (χ1v) is 7.32.